The number of amides is 1. The number of primary amides is 1. The number of carbonyl (C=O) groups is 1. The molecule has 0 spiro atoms. The van der Waals surface area contributed by atoms with Crippen molar-refractivity contribution < 1.29 is 4.79 Å². The van der Waals surface area contributed by atoms with E-state index < -0.39 is 11.4 Å². The van der Waals surface area contributed by atoms with E-state index >= 15 is 0 Å². The Balaban J connectivity index is 2.86. The largest absolute Gasteiger partial charge is 0.368 e. The SMILES string of the molecule is CC(C)(C(N)=O)n1c(=S)[nH]c2ccc(C#N)cc21. The Bertz CT molecular complexity index is 733. The quantitative estimate of drug-likeness (QED) is 0.807. The molecule has 0 unspecified atom stereocenters. The van der Waals surface area contributed by atoms with Crippen molar-refractivity contribution in [1.29, 1.82) is 5.26 Å². The molecule has 18 heavy (non-hydrogen) atoms. The number of fused-ring (bicyclic) bond motifs is 1. The molecule has 1 aromatic carbocycles. The highest BCUT2D eigenvalue weighted by Gasteiger charge is 2.29. The Labute approximate surface area is 109 Å². The van der Waals surface area contributed by atoms with Gasteiger partial charge in [-0.3, -0.25) is 4.79 Å². The maximum Gasteiger partial charge on any atom is 0.243 e. The van der Waals surface area contributed by atoms with Crippen LogP contribution in [0.4, 0.5) is 0 Å². The fraction of sp³-hybridized carbons (Fsp3) is 0.250. The lowest BCUT2D eigenvalue weighted by atomic mass is 10.0. The van der Waals surface area contributed by atoms with Crippen LogP contribution in [0.15, 0.2) is 18.2 Å². The summed E-state index contributed by atoms with van der Waals surface area (Å²) >= 11 is 5.22. The van der Waals surface area contributed by atoms with Crippen molar-refractivity contribution in [3.8, 4) is 6.07 Å². The molecule has 0 fully saturated rings. The van der Waals surface area contributed by atoms with Crippen LogP contribution in [0.3, 0.4) is 0 Å². The van der Waals surface area contributed by atoms with Crippen molar-refractivity contribution >= 4 is 29.2 Å². The molecule has 0 radical (unpaired) electrons. The van der Waals surface area contributed by atoms with Gasteiger partial charge in [0.2, 0.25) is 5.91 Å². The molecule has 1 amide bonds. The molecule has 1 aromatic heterocycles. The van der Waals surface area contributed by atoms with Crippen molar-refractivity contribution in [1.82, 2.24) is 9.55 Å². The number of H-pyrrole nitrogens is 1. The van der Waals surface area contributed by atoms with E-state index in [0.29, 0.717) is 15.9 Å². The van der Waals surface area contributed by atoms with Crippen LogP contribution in [0.1, 0.15) is 19.4 Å². The Kier molecular flexibility index (Phi) is 2.71. The van der Waals surface area contributed by atoms with Crippen LogP contribution in [0.25, 0.3) is 11.0 Å². The molecule has 0 aliphatic carbocycles. The average molecular weight is 260 g/mol. The third kappa shape index (κ3) is 1.69. The van der Waals surface area contributed by atoms with E-state index in [0.717, 1.165) is 5.52 Å². The zero-order valence-electron chi connectivity index (χ0n) is 10.0. The van der Waals surface area contributed by atoms with Crippen LogP contribution >= 0.6 is 12.2 Å². The van der Waals surface area contributed by atoms with Gasteiger partial charge in [-0.2, -0.15) is 5.26 Å². The predicted octanol–water partition coefficient (Wildman–Crippen LogP) is 1.79. The van der Waals surface area contributed by atoms with E-state index in [1.807, 2.05) is 0 Å². The maximum atomic E-state index is 11.5. The van der Waals surface area contributed by atoms with Gasteiger partial charge < -0.3 is 15.3 Å². The molecule has 6 heteroatoms. The van der Waals surface area contributed by atoms with Crippen LogP contribution in [0, 0.1) is 16.1 Å². The standard InChI is InChI=1S/C12H12N4OS/c1-12(2,10(14)17)16-9-5-7(6-13)3-4-8(9)15-11(16)18/h3-5H,1-2H3,(H2,14,17)(H,15,18). The Morgan fingerprint density at radius 3 is 2.78 bits per heavy atom. The number of carbonyl (C=O) groups excluding carboxylic acids is 1. The molecule has 0 atom stereocenters. The fourth-order valence-corrected chi connectivity index (χ4v) is 2.27. The van der Waals surface area contributed by atoms with Gasteiger partial charge in [-0.05, 0) is 44.3 Å². The van der Waals surface area contributed by atoms with Gasteiger partial charge in [-0.15, -0.1) is 0 Å². The number of benzene rings is 1. The van der Waals surface area contributed by atoms with Crippen LogP contribution < -0.4 is 5.73 Å². The lowest BCUT2D eigenvalue weighted by Gasteiger charge is -2.23. The number of imidazole rings is 1. The summed E-state index contributed by atoms with van der Waals surface area (Å²) in [4.78, 5) is 14.5. The molecule has 3 N–H and O–H groups in total. The van der Waals surface area contributed by atoms with Crippen molar-refractivity contribution in [3.05, 3.63) is 28.5 Å². The van der Waals surface area contributed by atoms with Gasteiger partial charge in [0.05, 0.1) is 22.7 Å². The Morgan fingerprint density at radius 2 is 2.22 bits per heavy atom. The normalized spacial score (nSPS) is 11.4. The van der Waals surface area contributed by atoms with E-state index in [9.17, 15) is 4.79 Å². The predicted molar refractivity (Wildman–Crippen MR) is 70.4 cm³/mol. The lowest BCUT2D eigenvalue weighted by Crippen LogP contribution is -2.41. The van der Waals surface area contributed by atoms with Gasteiger partial charge in [-0.1, -0.05) is 0 Å². The third-order valence-corrected chi connectivity index (χ3v) is 3.26. The van der Waals surface area contributed by atoms with Gasteiger partial charge in [0.25, 0.3) is 0 Å². The summed E-state index contributed by atoms with van der Waals surface area (Å²) in [7, 11) is 0. The molecule has 0 aliphatic rings. The van der Waals surface area contributed by atoms with Gasteiger partial charge in [0.1, 0.15) is 5.54 Å². The molecule has 1 heterocycles. The molecule has 2 rings (SSSR count). The number of nitrogens with one attached hydrogen (secondary N) is 1. The minimum absolute atomic E-state index is 0.406. The van der Waals surface area contributed by atoms with Crippen molar-refractivity contribution in [3.63, 3.8) is 0 Å². The molecule has 92 valence electrons. The molecular weight excluding hydrogens is 248 g/mol. The van der Waals surface area contributed by atoms with E-state index in [1.54, 1.807) is 36.6 Å². The summed E-state index contributed by atoms with van der Waals surface area (Å²) in [6.45, 7) is 3.38. The minimum atomic E-state index is -0.955. The molecular formula is C12H12N4OS. The van der Waals surface area contributed by atoms with Gasteiger partial charge in [-0.25, -0.2) is 0 Å². The van der Waals surface area contributed by atoms with Crippen LogP contribution in [-0.4, -0.2) is 15.5 Å². The number of hydrogen-bond acceptors (Lipinski definition) is 3. The molecule has 0 saturated heterocycles. The number of nitrogens with zero attached hydrogens (tertiary/aromatic N) is 2. The minimum Gasteiger partial charge on any atom is -0.368 e. The smallest absolute Gasteiger partial charge is 0.243 e. The molecule has 0 bridgehead atoms. The van der Waals surface area contributed by atoms with Crippen LogP contribution in [0.2, 0.25) is 0 Å². The summed E-state index contributed by atoms with van der Waals surface area (Å²) in [6.07, 6.45) is 0. The third-order valence-electron chi connectivity index (χ3n) is 2.97. The topological polar surface area (TPSA) is 87.6 Å². The summed E-state index contributed by atoms with van der Waals surface area (Å²) in [5, 5.41) is 8.92. The second kappa shape index (κ2) is 3.96. The summed E-state index contributed by atoms with van der Waals surface area (Å²) in [5.74, 6) is -0.484. The summed E-state index contributed by atoms with van der Waals surface area (Å²) < 4.78 is 2.05. The van der Waals surface area contributed by atoms with Crippen molar-refractivity contribution in [2.24, 2.45) is 5.73 Å². The molecule has 0 aliphatic heterocycles. The highest BCUT2D eigenvalue weighted by molar-refractivity contribution is 7.71. The number of nitrogens with two attached hydrogens (primary N) is 1. The van der Waals surface area contributed by atoms with E-state index in [1.165, 1.54) is 0 Å². The lowest BCUT2D eigenvalue weighted by molar-refractivity contribution is -0.124. The maximum absolute atomic E-state index is 11.5. The van der Waals surface area contributed by atoms with Crippen LogP contribution in [0.5, 0.6) is 0 Å². The molecule has 2 aromatic rings. The first-order valence-electron chi connectivity index (χ1n) is 5.33. The Morgan fingerprint density at radius 1 is 1.56 bits per heavy atom. The fourth-order valence-electron chi connectivity index (χ4n) is 1.84. The number of rotatable bonds is 2. The highest BCUT2D eigenvalue weighted by Crippen LogP contribution is 2.24. The average Bonchev–Trinajstić information content (AvgIpc) is 2.63. The molecule has 5 nitrogen and oxygen atoms in total. The van der Waals surface area contributed by atoms with Crippen molar-refractivity contribution in [2.45, 2.75) is 19.4 Å². The van der Waals surface area contributed by atoms with Gasteiger partial charge >= 0.3 is 0 Å². The van der Waals surface area contributed by atoms with Gasteiger partial charge in [0, 0.05) is 0 Å². The second-order valence-corrected chi connectivity index (χ2v) is 4.92. The zero-order valence-corrected chi connectivity index (χ0v) is 10.8. The Hall–Kier alpha value is -2.13. The van der Waals surface area contributed by atoms with Crippen LogP contribution in [-0.2, 0) is 10.3 Å². The van der Waals surface area contributed by atoms with E-state index in [-0.39, 0.29) is 0 Å². The monoisotopic (exact) mass is 260 g/mol. The first kappa shape index (κ1) is 12.3. The second-order valence-electron chi connectivity index (χ2n) is 4.53. The summed E-state index contributed by atoms with van der Waals surface area (Å²) in [5.41, 5.74) is 6.43. The zero-order chi connectivity index (χ0) is 13.5. The first-order chi connectivity index (χ1) is 8.37. The van der Waals surface area contributed by atoms with Crippen molar-refractivity contribution in [2.75, 3.05) is 0 Å². The number of hydrogen-bond donors (Lipinski definition) is 2. The van der Waals surface area contributed by atoms with E-state index in [4.69, 9.17) is 23.2 Å². The van der Waals surface area contributed by atoms with Gasteiger partial charge in [0.15, 0.2) is 4.77 Å². The first-order valence-corrected chi connectivity index (χ1v) is 5.74. The summed E-state index contributed by atoms with van der Waals surface area (Å²) in [6, 6.07) is 7.20. The molecule has 0 saturated carbocycles. The number of aromatic amines is 1. The number of aromatic nitrogens is 2. The number of nitriles is 1. The van der Waals surface area contributed by atoms with E-state index in [2.05, 4.69) is 11.1 Å². The highest BCUT2D eigenvalue weighted by atomic mass is 32.1.